The summed E-state index contributed by atoms with van der Waals surface area (Å²) in [5, 5.41) is 2.56. The largest absolute Gasteiger partial charge is 0.373 e. The first-order chi connectivity index (χ1) is 12.4. The second-order valence-electron chi connectivity index (χ2n) is 6.56. The van der Waals surface area contributed by atoms with E-state index in [9.17, 15) is 21.6 Å². The number of nitrogens with zero attached hydrogens (tertiary/aromatic N) is 1. The summed E-state index contributed by atoms with van der Waals surface area (Å²) in [6.45, 7) is 4.01. The molecular weight excluding hydrogens is 416 g/mol. The fraction of sp³-hybridized carbons (Fsp3) is 0.562. The number of rotatable bonds is 6. The van der Waals surface area contributed by atoms with Crippen molar-refractivity contribution in [3.8, 4) is 0 Å². The zero-order valence-electron chi connectivity index (χ0n) is 15.3. The van der Waals surface area contributed by atoms with E-state index in [4.69, 9.17) is 16.3 Å². The molecule has 0 aromatic heterocycles. The molecule has 1 aliphatic rings. The van der Waals surface area contributed by atoms with E-state index in [-0.39, 0.29) is 53.1 Å². The third-order valence-electron chi connectivity index (χ3n) is 4.04. The number of ether oxygens (including phenoxy) is 1. The number of sulfonamides is 1. The van der Waals surface area contributed by atoms with Crippen LogP contribution in [0.4, 0.5) is 0 Å². The van der Waals surface area contributed by atoms with Gasteiger partial charge in [-0.15, -0.1) is 0 Å². The molecule has 1 fully saturated rings. The van der Waals surface area contributed by atoms with Gasteiger partial charge in [0.15, 0.2) is 9.84 Å². The van der Waals surface area contributed by atoms with Gasteiger partial charge in [-0.3, -0.25) is 4.79 Å². The van der Waals surface area contributed by atoms with Gasteiger partial charge in [0.25, 0.3) is 5.91 Å². The van der Waals surface area contributed by atoms with E-state index in [1.807, 2.05) is 0 Å². The van der Waals surface area contributed by atoms with Crippen molar-refractivity contribution in [1.82, 2.24) is 9.62 Å². The molecule has 1 aromatic carbocycles. The molecule has 1 heterocycles. The van der Waals surface area contributed by atoms with Crippen molar-refractivity contribution in [2.75, 3.05) is 31.6 Å². The third kappa shape index (κ3) is 5.89. The molecule has 11 heteroatoms. The van der Waals surface area contributed by atoms with Gasteiger partial charge in [-0.1, -0.05) is 11.6 Å². The van der Waals surface area contributed by atoms with Crippen molar-refractivity contribution < 1.29 is 26.4 Å². The normalized spacial score (nSPS) is 21.8. The number of halogens is 1. The van der Waals surface area contributed by atoms with Crippen LogP contribution in [0.25, 0.3) is 0 Å². The highest BCUT2D eigenvalue weighted by molar-refractivity contribution is 7.90. The van der Waals surface area contributed by atoms with Crippen molar-refractivity contribution >= 4 is 37.4 Å². The second kappa shape index (κ2) is 8.44. The summed E-state index contributed by atoms with van der Waals surface area (Å²) in [7, 11) is -7.06. The number of morpholine rings is 1. The molecule has 2 atom stereocenters. The Hall–Kier alpha value is -1.20. The van der Waals surface area contributed by atoms with Crippen LogP contribution < -0.4 is 5.32 Å². The second-order valence-corrected chi connectivity index (χ2v) is 11.1. The first-order valence-corrected chi connectivity index (χ1v) is 12.2. The minimum atomic E-state index is -3.56. The van der Waals surface area contributed by atoms with Crippen molar-refractivity contribution in [2.45, 2.75) is 31.0 Å². The summed E-state index contributed by atoms with van der Waals surface area (Å²) in [5.74, 6) is -0.911. The number of amides is 1. The number of carbonyl (C=O) groups excluding carboxylic acids is 1. The summed E-state index contributed by atoms with van der Waals surface area (Å²) in [6, 6.07) is 3.80. The number of hydrogen-bond donors (Lipinski definition) is 1. The fourth-order valence-electron chi connectivity index (χ4n) is 2.78. The highest BCUT2D eigenvalue weighted by Gasteiger charge is 2.30. The molecule has 0 bridgehead atoms. The summed E-state index contributed by atoms with van der Waals surface area (Å²) < 4.78 is 55.0. The monoisotopic (exact) mass is 438 g/mol. The van der Waals surface area contributed by atoms with Gasteiger partial charge >= 0.3 is 0 Å². The van der Waals surface area contributed by atoms with Gasteiger partial charge in [-0.2, -0.15) is 4.31 Å². The van der Waals surface area contributed by atoms with Crippen LogP contribution in [0, 0.1) is 0 Å². The summed E-state index contributed by atoms with van der Waals surface area (Å²) in [4.78, 5) is 12.3. The molecule has 0 saturated carbocycles. The molecule has 1 aromatic rings. The van der Waals surface area contributed by atoms with E-state index in [0.717, 1.165) is 6.26 Å². The average molecular weight is 439 g/mol. The van der Waals surface area contributed by atoms with Crippen LogP contribution in [0.15, 0.2) is 23.1 Å². The molecule has 8 nitrogen and oxygen atoms in total. The van der Waals surface area contributed by atoms with Crippen LogP contribution in [0.1, 0.15) is 24.2 Å². The Kier molecular flexibility index (Phi) is 6.91. The van der Waals surface area contributed by atoms with Crippen molar-refractivity contribution in [3.63, 3.8) is 0 Å². The Balaban J connectivity index is 2.02. The highest BCUT2D eigenvalue weighted by Crippen LogP contribution is 2.20. The molecule has 1 aliphatic heterocycles. The third-order valence-corrected chi connectivity index (χ3v) is 7.28. The van der Waals surface area contributed by atoms with Gasteiger partial charge in [0.2, 0.25) is 10.0 Å². The van der Waals surface area contributed by atoms with Gasteiger partial charge in [0.1, 0.15) is 0 Å². The van der Waals surface area contributed by atoms with Gasteiger partial charge in [0, 0.05) is 25.9 Å². The fourth-order valence-corrected chi connectivity index (χ4v) is 5.13. The Morgan fingerprint density at radius 3 is 2.37 bits per heavy atom. The smallest absolute Gasteiger partial charge is 0.252 e. The van der Waals surface area contributed by atoms with Crippen molar-refractivity contribution in [2.24, 2.45) is 0 Å². The first-order valence-electron chi connectivity index (χ1n) is 8.31. The Labute approximate surface area is 164 Å². The van der Waals surface area contributed by atoms with Crippen LogP contribution in [0.5, 0.6) is 0 Å². The maximum atomic E-state index is 12.5. The Bertz CT molecular complexity index is 907. The topological polar surface area (TPSA) is 110 Å². The predicted molar refractivity (Wildman–Crippen MR) is 102 cm³/mol. The zero-order valence-corrected chi connectivity index (χ0v) is 17.7. The lowest BCUT2D eigenvalue weighted by atomic mass is 10.2. The lowest BCUT2D eigenvalue weighted by Crippen LogP contribution is -2.49. The van der Waals surface area contributed by atoms with Gasteiger partial charge in [-0.05, 0) is 32.0 Å². The number of hydrogen-bond acceptors (Lipinski definition) is 6. The van der Waals surface area contributed by atoms with E-state index < -0.39 is 25.8 Å². The summed E-state index contributed by atoms with van der Waals surface area (Å²) >= 11 is 5.97. The number of carbonyl (C=O) groups is 1. The van der Waals surface area contributed by atoms with E-state index in [0.29, 0.717) is 0 Å². The van der Waals surface area contributed by atoms with Crippen LogP contribution in [0.3, 0.4) is 0 Å². The molecule has 0 spiro atoms. The van der Waals surface area contributed by atoms with E-state index >= 15 is 0 Å². The number of benzene rings is 1. The lowest BCUT2D eigenvalue weighted by Gasteiger charge is -2.34. The Morgan fingerprint density at radius 1 is 1.22 bits per heavy atom. The molecule has 0 aliphatic carbocycles. The number of sulfone groups is 1. The standard InChI is InChI=1S/C16H23ClN2O6S2/c1-11-9-19(10-12(2)25-11)27(23,24)7-6-18-16(20)14-8-13(26(3,21)22)4-5-15(14)17/h4-5,8,11-12H,6-7,9-10H2,1-3H3,(H,18,20). The van der Waals surface area contributed by atoms with Gasteiger partial charge < -0.3 is 10.1 Å². The quantitative estimate of drug-likeness (QED) is 0.706. The van der Waals surface area contributed by atoms with Crippen LogP contribution in [-0.4, -0.2) is 70.9 Å². The average Bonchev–Trinajstić information content (AvgIpc) is 2.53. The first kappa shape index (κ1) is 22.1. The van der Waals surface area contributed by atoms with Crippen LogP contribution >= 0.6 is 11.6 Å². The predicted octanol–water partition coefficient (Wildman–Crippen LogP) is 0.912. The summed E-state index contributed by atoms with van der Waals surface area (Å²) in [5.41, 5.74) is -0.0226. The molecule has 1 amide bonds. The Morgan fingerprint density at radius 2 is 1.81 bits per heavy atom. The molecule has 1 N–H and O–H groups in total. The minimum Gasteiger partial charge on any atom is -0.373 e. The van der Waals surface area contributed by atoms with E-state index in [1.165, 1.54) is 22.5 Å². The molecule has 27 heavy (non-hydrogen) atoms. The SMILES string of the molecule is CC1CN(S(=O)(=O)CCNC(=O)c2cc(S(C)(=O)=O)ccc2Cl)CC(C)O1. The van der Waals surface area contributed by atoms with Crippen molar-refractivity contribution in [1.29, 1.82) is 0 Å². The molecule has 2 unspecified atom stereocenters. The molecular formula is C16H23ClN2O6S2. The van der Waals surface area contributed by atoms with E-state index in [1.54, 1.807) is 13.8 Å². The number of nitrogens with one attached hydrogen (secondary N) is 1. The maximum Gasteiger partial charge on any atom is 0.252 e. The van der Waals surface area contributed by atoms with Gasteiger partial charge in [0.05, 0.1) is 33.4 Å². The van der Waals surface area contributed by atoms with E-state index in [2.05, 4.69) is 5.32 Å². The lowest BCUT2D eigenvalue weighted by molar-refractivity contribution is -0.0440. The highest BCUT2D eigenvalue weighted by atomic mass is 35.5. The molecule has 152 valence electrons. The zero-order chi connectivity index (χ0) is 20.4. The van der Waals surface area contributed by atoms with Crippen molar-refractivity contribution in [3.05, 3.63) is 28.8 Å². The summed E-state index contributed by atoms with van der Waals surface area (Å²) in [6.07, 6.45) is 0.626. The van der Waals surface area contributed by atoms with Crippen LogP contribution in [-0.2, 0) is 24.6 Å². The minimum absolute atomic E-state index is 0.0226. The molecule has 0 radical (unpaired) electrons. The maximum absolute atomic E-state index is 12.5. The van der Waals surface area contributed by atoms with Gasteiger partial charge in [-0.25, -0.2) is 16.8 Å². The molecule has 1 saturated heterocycles. The molecule has 2 rings (SSSR count). The van der Waals surface area contributed by atoms with Crippen LogP contribution in [0.2, 0.25) is 5.02 Å².